The molecule has 45 heavy (non-hydrogen) atoms. The summed E-state index contributed by atoms with van der Waals surface area (Å²) in [6.45, 7) is 5.66. The summed E-state index contributed by atoms with van der Waals surface area (Å²) < 4.78 is 38.6. The van der Waals surface area contributed by atoms with Gasteiger partial charge in [-0.05, 0) is 91.6 Å². The number of hydrogen-bond donors (Lipinski definition) is 2. The van der Waals surface area contributed by atoms with Crippen molar-refractivity contribution in [2.24, 2.45) is 0 Å². The van der Waals surface area contributed by atoms with Crippen LogP contribution in [0.25, 0.3) is 11.1 Å². The second-order valence-corrected chi connectivity index (χ2v) is 12.8. The highest BCUT2D eigenvalue weighted by Gasteiger charge is 2.23. The number of benzene rings is 3. The number of aryl methyl sites for hydroxylation is 1. The zero-order valence-electron chi connectivity index (χ0n) is 25.5. The van der Waals surface area contributed by atoms with Gasteiger partial charge in [0.15, 0.2) is 0 Å². The van der Waals surface area contributed by atoms with E-state index in [4.69, 9.17) is 9.29 Å². The van der Waals surface area contributed by atoms with Gasteiger partial charge in [-0.25, -0.2) is 0 Å². The number of ether oxygens (including phenoxy) is 1. The third-order valence-corrected chi connectivity index (χ3v) is 8.55. The summed E-state index contributed by atoms with van der Waals surface area (Å²) in [7, 11) is -4.32. The largest absolute Gasteiger partial charge is 0.493 e. The van der Waals surface area contributed by atoms with Crippen LogP contribution in [0.3, 0.4) is 0 Å². The van der Waals surface area contributed by atoms with Crippen LogP contribution >= 0.6 is 0 Å². The van der Waals surface area contributed by atoms with Crippen LogP contribution in [0.15, 0.2) is 73.1 Å². The lowest BCUT2D eigenvalue weighted by atomic mass is 9.97. The van der Waals surface area contributed by atoms with E-state index in [0.717, 1.165) is 58.5 Å². The molecule has 1 aromatic heterocycles. The monoisotopic (exact) mass is 630 g/mol. The number of nitrogens with one attached hydrogen (secondary N) is 1. The Morgan fingerprint density at radius 3 is 2.67 bits per heavy atom. The predicted molar refractivity (Wildman–Crippen MR) is 173 cm³/mol. The molecular weight excluding hydrogens is 592 g/mol. The summed E-state index contributed by atoms with van der Waals surface area (Å²) in [5.41, 5.74) is 7.43. The lowest BCUT2D eigenvalue weighted by molar-refractivity contribution is -0.118. The van der Waals surface area contributed by atoms with E-state index in [1.807, 2.05) is 48.4 Å². The Bertz CT molecular complexity index is 1800. The smallest absolute Gasteiger partial charge is 0.283 e. The van der Waals surface area contributed by atoms with E-state index in [1.165, 1.54) is 5.56 Å². The highest BCUT2D eigenvalue weighted by atomic mass is 32.2. The van der Waals surface area contributed by atoms with Gasteiger partial charge in [-0.1, -0.05) is 36.4 Å². The predicted octanol–water partition coefficient (Wildman–Crippen LogP) is 5.32. The van der Waals surface area contributed by atoms with E-state index in [2.05, 4.69) is 29.5 Å². The van der Waals surface area contributed by atoms with E-state index >= 15 is 0 Å². The van der Waals surface area contributed by atoms with Crippen molar-refractivity contribution in [3.63, 3.8) is 0 Å². The number of nitrogens with zero attached hydrogens (tertiary/aromatic N) is 3. The molecule has 4 aromatic rings. The molecule has 0 bridgehead atoms. The minimum Gasteiger partial charge on any atom is -0.493 e. The number of anilines is 1. The molecule has 2 N–H and O–H groups in total. The molecule has 0 unspecified atom stereocenters. The Morgan fingerprint density at radius 1 is 1.04 bits per heavy atom. The number of rotatable bonds is 11. The van der Waals surface area contributed by atoms with Gasteiger partial charge < -0.3 is 15.0 Å². The lowest BCUT2D eigenvalue weighted by Crippen LogP contribution is -2.31. The highest BCUT2D eigenvalue weighted by molar-refractivity contribution is 7.85. The summed E-state index contributed by atoms with van der Waals surface area (Å²) in [5.74, 6) is -0.501. The van der Waals surface area contributed by atoms with Crippen molar-refractivity contribution in [3.8, 4) is 16.9 Å². The molecule has 10 nitrogen and oxygen atoms in total. The van der Waals surface area contributed by atoms with Gasteiger partial charge in [-0.3, -0.25) is 18.8 Å². The standard InChI is InChI=1S/C34H38N4O6S/c1-24-9-5-15-32(25(24)2)44-18-8-16-33(39)38-17-4-3-12-30-29(13-7-14-31(30)38)28-20-36-37(22-28)21-26-10-6-11-27(19-26)34(40)35-23-45(41,42)43/h5-7,9-11,13-15,19-20,22H,3-4,8,12,16-18,21,23H2,1-2H3,(H,35,40)(H,41,42,43). The number of amides is 2. The van der Waals surface area contributed by atoms with Crippen molar-refractivity contribution in [1.82, 2.24) is 15.1 Å². The minimum absolute atomic E-state index is 0.0936. The van der Waals surface area contributed by atoms with Gasteiger partial charge >= 0.3 is 0 Å². The molecular formula is C34H38N4O6S. The molecule has 0 saturated carbocycles. The third-order valence-electron chi connectivity index (χ3n) is 8.04. The molecule has 0 radical (unpaired) electrons. The van der Waals surface area contributed by atoms with Crippen LogP contribution in [0.4, 0.5) is 5.69 Å². The minimum atomic E-state index is -4.32. The summed E-state index contributed by atoms with van der Waals surface area (Å²) >= 11 is 0. The quantitative estimate of drug-likeness (QED) is 0.169. The molecule has 2 heterocycles. The van der Waals surface area contributed by atoms with Crippen molar-refractivity contribution in [2.45, 2.75) is 52.5 Å². The first-order valence-corrected chi connectivity index (χ1v) is 16.7. The lowest BCUT2D eigenvalue weighted by Gasteiger charge is -2.24. The van der Waals surface area contributed by atoms with Gasteiger partial charge in [0.1, 0.15) is 11.6 Å². The molecule has 236 valence electrons. The fourth-order valence-electron chi connectivity index (χ4n) is 5.58. The first kappa shape index (κ1) is 31.9. The zero-order valence-corrected chi connectivity index (χ0v) is 26.3. The Labute approximate surface area is 263 Å². The average Bonchev–Trinajstić information content (AvgIpc) is 3.36. The van der Waals surface area contributed by atoms with Crippen LogP contribution in [0.2, 0.25) is 0 Å². The first-order chi connectivity index (χ1) is 21.6. The van der Waals surface area contributed by atoms with E-state index in [-0.39, 0.29) is 11.5 Å². The Morgan fingerprint density at radius 2 is 1.84 bits per heavy atom. The molecule has 0 fully saturated rings. The molecule has 2 amide bonds. The van der Waals surface area contributed by atoms with Crippen LogP contribution < -0.4 is 15.0 Å². The Kier molecular flexibility index (Phi) is 9.99. The Hall–Kier alpha value is -4.48. The van der Waals surface area contributed by atoms with Crippen molar-refractivity contribution in [2.75, 3.05) is 23.9 Å². The van der Waals surface area contributed by atoms with Gasteiger partial charge in [-0.2, -0.15) is 13.5 Å². The zero-order chi connectivity index (χ0) is 32.0. The fourth-order valence-corrected chi connectivity index (χ4v) is 5.89. The molecule has 0 atom stereocenters. The molecule has 0 aliphatic carbocycles. The molecule has 0 spiro atoms. The molecule has 5 rings (SSSR count). The van der Waals surface area contributed by atoms with Crippen molar-refractivity contribution >= 4 is 27.6 Å². The van der Waals surface area contributed by atoms with E-state index in [1.54, 1.807) is 29.1 Å². The Balaban J connectivity index is 1.26. The number of hydrogen-bond acceptors (Lipinski definition) is 6. The van der Waals surface area contributed by atoms with Crippen molar-refractivity contribution < 1.29 is 27.3 Å². The number of fused-ring (bicyclic) bond motifs is 1. The van der Waals surface area contributed by atoms with Gasteiger partial charge in [-0.15, -0.1) is 0 Å². The first-order valence-electron chi connectivity index (χ1n) is 15.1. The van der Waals surface area contributed by atoms with E-state index in [9.17, 15) is 18.0 Å². The number of carbonyl (C=O) groups excluding carboxylic acids is 2. The molecule has 1 aliphatic heterocycles. The van der Waals surface area contributed by atoms with E-state index in [0.29, 0.717) is 32.5 Å². The number of aromatic nitrogens is 2. The van der Waals surface area contributed by atoms with Crippen molar-refractivity contribution in [3.05, 3.63) is 101 Å². The van der Waals surface area contributed by atoms with Crippen LogP contribution in [0, 0.1) is 13.8 Å². The molecule has 3 aromatic carbocycles. The molecule has 0 saturated heterocycles. The van der Waals surface area contributed by atoms with Gasteiger partial charge in [0.05, 0.1) is 19.3 Å². The highest BCUT2D eigenvalue weighted by Crippen LogP contribution is 2.35. The van der Waals surface area contributed by atoms with Crippen LogP contribution in [-0.4, -0.2) is 53.6 Å². The summed E-state index contributed by atoms with van der Waals surface area (Å²) in [6, 6.07) is 18.9. The second-order valence-electron chi connectivity index (χ2n) is 11.3. The van der Waals surface area contributed by atoms with Gasteiger partial charge in [0.2, 0.25) is 5.91 Å². The van der Waals surface area contributed by atoms with E-state index < -0.39 is 21.9 Å². The maximum atomic E-state index is 13.4. The number of carbonyl (C=O) groups is 2. The van der Waals surface area contributed by atoms with Gasteiger partial charge in [0, 0.05) is 36.0 Å². The maximum Gasteiger partial charge on any atom is 0.283 e. The molecule has 11 heteroatoms. The maximum absolute atomic E-state index is 13.4. The normalized spacial score (nSPS) is 13.2. The van der Waals surface area contributed by atoms with Gasteiger partial charge in [0.25, 0.3) is 16.0 Å². The fraction of sp³-hybridized carbons (Fsp3) is 0.324. The van der Waals surface area contributed by atoms with Crippen LogP contribution in [-0.2, 0) is 27.9 Å². The molecule has 1 aliphatic rings. The van der Waals surface area contributed by atoms with Crippen molar-refractivity contribution in [1.29, 1.82) is 0 Å². The SMILES string of the molecule is Cc1cccc(OCCCC(=O)N2CCCCc3c(-c4cnn(Cc5cccc(C(=O)NCS(=O)(=O)O)c5)c4)cccc32)c1C. The second kappa shape index (κ2) is 14.1. The van der Waals surface area contributed by atoms with Crippen LogP contribution in [0.1, 0.15) is 58.3 Å². The summed E-state index contributed by atoms with van der Waals surface area (Å²) in [4.78, 5) is 27.7. The summed E-state index contributed by atoms with van der Waals surface area (Å²) in [5, 5.41) is 6.75. The third kappa shape index (κ3) is 8.17. The summed E-state index contributed by atoms with van der Waals surface area (Å²) in [6.07, 6.45) is 7.54. The van der Waals surface area contributed by atoms with Crippen LogP contribution in [0.5, 0.6) is 5.75 Å². The topological polar surface area (TPSA) is 131 Å². The average molecular weight is 631 g/mol.